The number of carbonyl (C=O) groups excluding carboxylic acids is 1. The van der Waals surface area contributed by atoms with E-state index in [-0.39, 0.29) is 9.77 Å². The first kappa shape index (κ1) is 20.4. The van der Waals surface area contributed by atoms with E-state index in [4.69, 9.17) is 11.6 Å². The summed E-state index contributed by atoms with van der Waals surface area (Å²) in [5.74, 6) is -0.455. The second-order valence-electron chi connectivity index (χ2n) is 6.39. The number of hydrogen-bond acceptors (Lipinski definition) is 4. The second-order valence-corrected chi connectivity index (χ2v) is 9.68. The fraction of sp³-hybridized carbons (Fsp3) is 0.150. The quantitative estimate of drug-likeness (QED) is 0.607. The summed E-state index contributed by atoms with van der Waals surface area (Å²) in [6.07, 6.45) is 0. The Kier molecular flexibility index (Phi) is 5.79. The highest BCUT2D eigenvalue weighted by atomic mass is 35.5. The number of thiophene rings is 1. The molecule has 0 aliphatic rings. The van der Waals surface area contributed by atoms with Crippen molar-refractivity contribution >= 4 is 50.2 Å². The zero-order chi connectivity index (χ0) is 20.5. The van der Waals surface area contributed by atoms with E-state index in [1.54, 1.807) is 29.6 Å². The lowest BCUT2D eigenvalue weighted by Crippen LogP contribution is -2.28. The van der Waals surface area contributed by atoms with E-state index in [9.17, 15) is 13.2 Å². The Labute approximate surface area is 173 Å². The second kappa shape index (κ2) is 7.95. The fourth-order valence-electron chi connectivity index (χ4n) is 2.84. The van der Waals surface area contributed by atoms with Crippen LogP contribution in [0.2, 0.25) is 5.02 Å². The van der Waals surface area contributed by atoms with Crippen LogP contribution in [0.25, 0.3) is 0 Å². The summed E-state index contributed by atoms with van der Waals surface area (Å²) in [7, 11) is -2.46. The number of carbonyl (C=O) groups is 1. The Morgan fingerprint density at radius 3 is 2.25 bits per heavy atom. The van der Waals surface area contributed by atoms with Gasteiger partial charge in [-0.1, -0.05) is 17.7 Å². The van der Waals surface area contributed by atoms with Gasteiger partial charge in [0.2, 0.25) is 0 Å². The Bertz CT molecular complexity index is 1100. The number of hydrogen-bond donors (Lipinski definition) is 1. The number of anilines is 2. The first-order chi connectivity index (χ1) is 13.2. The van der Waals surface area contributed by atoms with E-state index in [1.165, 1.54) is 13.1 Å². The van der Waals surface area contributed by atoms with Gasteiger partial charge in [0, 0.05) is 17.8 Å². The summed E-state index contributed by atoms with van der Waals surface area (Å²) in [6.45, 7) is 3.87. The molecule has 0 aliphatic carbocycles. The summed E-state index contributed by atoms with van der Waals surface area (Å²) >= 11 is 6.97. The van der Waals surface area contributed by atoms with Crippen LogP contribution in [-0.2, 0) is 10.0 Å². The van der Waals surface area contributed by atoms with Crippen molar-refractivity contribution in [1.82, 2.24) is 0 Å². The van der Waals surface area contributed by atoms with E-state index < -0.39 is 15.9 Å². The average Bonchev–Trinajstić information content (AvgIpc) is 3.11. The van der Waals surface area contributed by atoms with E-state index >= 15 is 0 Å². The Balaban J connectivity index is 1.91. The van der Waals surface area contributed by atoms with Crippen molar-refractivity contribution in [2.75, 3.05) is 16.7 Å². The highest BCUT2D eigenvalue weighted by Crippen LogP contribution is 2.29. The van der Waals surface area contributed by atoms with Crippen LogP contribution in [0.4, 0.5) is 11.4 Å². The van der Waals surface area contributed by atoms with Crippen molar-refractivity contribution in [3.63, 3.8) is 0 Å². The van der Waals surface area contributed by atoms with Gasteiger partial charge >= 0.3 is 0 Å². The van der Waals surface area contributed by atoms with Crippen LogP contribution in [0, 0.1) is 13.8 Å². The summed E-state index contributed by atoms with van der Waals surface area (Å²) in [5.41, 5.74) is 3.11. The molecular formula is C20H19ClN2O3S2. The summed E-state index contributed by atoms with van der Waals surface area (Å²) in [5, 5.41) is 4.90. The molecule has 146 valence electrons. The lowest BCUT2D eigenvalue weighted by molar-refractivity contribution is 0.102. The Morgan fingerprint density at radius 1 is 1.04 bits per heavy atom. The van der Waals surface area contributed by atoms with Crippen LogP contribution in [-0.4, -0.2) is 21.4 Å². The smallest absolute Gasteiger partial charge is 0.267 e. The van der Waals surface area contributed by atoms with Crippen LogP contribution in [0.1, 0.15) is 20.8 Å². The molecule has 8 heteroatoms. The molecule has 0 aliphatic heterocycles. The van der Waals surface area contributed by atoms with Crippen molar-refractivity contribution in [2.45, 2.75) is 18.7 Å². The van der Waals surface area contributed by atoms with Gasteiger partial charge in [0.05, 0.1) is 5.69 Å². The number of halogens is 1. The van der Waals surface area contributed by atoms with Crippen LogP contribution in [0.5, 0.6) is 0 Å². The molecule has 28 heavy (non-hydrogen) atoms. The molecular weight excluding hydrogens is 416 g/mol. The SMILES string of the molecule is Cc1cc(C)cc(NC(=O)c2sccc2S(=O)(=O)N(C)c2ccc(Cl)cc2)c1. The monoisotopic (exact) mass is 434 g/mol. The van der Waals surface area contributed by atoms with Crippen LogP contribution < -0.4 is 9.62 Å². The van der Waals surface area contributed by atoms with Crippen molar-refractivity contribution < 1.29 is 13.2 Å². The number of amides is 1. The molecule has 5 nitrogen and oxygen atoms in total. The maximum Gasteiger partial charge on any atom is 0.267 e. The van der Waals surface area contributed by atoms with Gasteiger partial charge in [0.25, 0.3) is 15.9 Å². The van der Waals surface area contributed by atoms with E-state index in [1.807, 2.05) is 32.0 Å². The predicted molar refractivity (Wildman–Crippen MR) is 115 cm³/mol. The zero-order valence-electron chi connectivity index (χ0n) is 15.6. The van der Waals surface area contributed by atoms with Crippen molar-refractivity contribution in [1.29, 1.82) is 0 Å². The average molecular weight is 435 g/mol. The molecule has 1 amide bonds. The zero-order valence-corrected chi connectivity index (χ0v) is 18.0. The lowest BCUT2D eigenvalue weighted by Gasteiger charge is -2.19. The summed E-state index contributed by atoms with van der Waals surface area (Å²) in [4.78, 5) is 12.9. The molecule has 1 N–H and O–H groups in total. The highest BCUT2D eigenvalue weighted by molar-refractivity contribution is 7.93. The van der Waals surface area contributed by atoms with Crippen LogP contribution in [0.15, 0.2) is 58.8 Å². The van der Waals surface area contributed by atoms with Gasteiger partial charge in [0.1, 0.15) is 9.77 Å². The molecule has 3 rings (SSSR count). The minimum atomic E-state index is -3.91. The molecule has 2 aromatic carbocycles. The number of rotatable bonds is 5. The standard InChI is InChI=1S/C20H19ClN2O3S2/c1-13-10-14(2)12-16(11-13)22-20(24)19-18(8-9-27-19)28(25,26)23(3)17-6-4-15(21)5-7-17/h4-12H,1-3H3,(H,22,24). The predicted octanol–water partition coefficient (Wildman–Crippen LogP) is 5.10. The molecule has 0 unspecified atom stereocenters. The van der Waals surface area contributed by atoms with E-state index in [2.05, 4.69) is 5.32 Å². The highest BCUT2D eigenvalue weighted by Gasteiger charge is 2.28. The van der Waals surface area contributed by atoms with E-state index in [0.29, 0.717) is 16.4 Å². The van der Waals surface area contributed by atoms with Crippen molar-refractivity contribution in [3.05, 3.63) is 74.9 Å². The molecule has 0 radical (unpaired) electrons. The molecule has 0 atom stereocenters. The van der Waals surface area contributed by atoms with Crippen molar-refractivity contribution in [3.8, 4) is 0 Å². The third kappa shape index (κ3) is 4.22. The molecule has 0 fully saturated rings. The molecule has 1 aromatic heterocycles. The van der Waals surface area contributed by atoms with E-state index in [0.717, 1.165) is 26.8 Å². The topological polar surface area (TPSA) is 66.5 Å². The number of aryl methyl sites for hydroxylation is 2. The number of nitrogens with zero attached hydrogens (tertiary/aromatic N) is 1. The minimum absolute atomic E-state index is 0.0307. The minimum Gasteiger partial charge on any atom is -0.321 e. The Morgan fingerprint density at radius 2 is 1.64 bits per heavy atom. The normalized spacial score (nSPS) is 11.3. The van der Waals surface area contributed by atoms with Gasteiger partial charge in [-0.15, -0.1) is 11.3 Å². The van der Waals surface area contributed by atoms with Gasteiger partial charge in [-0.2, -0.15) is 0 Å². The maximum absolute atomic E-state index is 13.1. The maximum atomic E-state index is 13.1. The number of nitrogens with one attached hydrogen (secondary N) is 1. The summed E-state index contributed by atoms with van der Waals surface area (Å²) < 4.78 is 27.3. The molecule has 1 heterocycles. The van der Waals surface area contributed by atoms with Crippen LogP contribution >= 0.6 is 22.9 Å². The van der Waals surface area contributed by atoms with Gasteiger partial charge in [-0.3, -0.25) is 9.10 Å². The number of sulfonamides is 1. The number of benzene rings is 2. The van der Waals surface area contributed by atoms with Gasteiger partial charge in [-0.05, 0) is 72.8 Å². The molecule has 0 saturated heterocycles. The molecule has 0 bridgehead atoms. The first-order valence-corrected chi connectivity index (χ1v) is 11.1. The van der Waals surface area contributed by atoms with Gasteiger partial charge < -0.3 is 5.32 Å². The first-order valence-electron chi connectivity index (χ1n) is 8.40. The third-order valence-corrected chi connectivity index (χ3v) is 7.27. The Hall–Kier alpha value is -2.35. The largest absolute Gasteiger partial charge is 0.321 e. The van der Waals surface area contributed by atoms with Crippen molar-refractivity contribution in [2.24, 2.45) is 0 Å². The lowest BCUT2D eigenvalue weighted by atomic mass is 10.1. The van der Waals surface area contributed by atoms with Gasteiger partial charge in [0.15, 0.2) is 0 Å². The fourth-order valence-corrected chi connectivity index (χ4v) is 5.45. The van der Waals surface area contributed by atoms with Crippen LogP contribution in [0.3, 0.4) is 0 Å². The summed E-state index contributed by atoms with van der Waals surface area (Å²) in [6, 6.07) is 13.6. The molecule has 0 spiro atoms. The molecule has 3 aromatic rings. The molecule has 0 saturated carbocycles. The third-order valence-electron chi connectivity index (χ3n) is 4.14. The van der Waals surface area contributed by atoms with Gasteiger partial charge in [-0.25, -0.2) is 8.42 Å².